The fourth-order valence-electron chi connectivity index (χ4n) is 6.12. The van der Waals surface area contributed by atoms with E-state index < -0.39 is 8.32 Å². The zero-order chi connectivity index (χ0) is 23.4. The van der Waals surface area contributed by atoms with Crippen LogP contribution in [-0.4, -0.2) is 26.1 Å². The van der Waals surface area contributed by atoms with E-state index in [0.29, 0.717) is 12.2 Å². The summed E-state index contributed by atoms with van der Waals surface area (Å²) in [6.07, 6.45) is 13.5. The molecule has 0 spiro atoms. The first-order chi connectivity index (χ1) is 15.9. The fourth-order valence-corrected chi connectivity index (χ4v) is 11.0. The van der Waals surface area contributed by atoms with Crippen molar-refractivity contribution in [3.63, 3.8) is 0 Å². The van der Waals surface area contributed by atoms with Crippen molar-refractivity contribution in [2.24, 2.45) is 0 Å². The quantitative estimate of drug-likeness (QED) is 0.191. The van der Waals surface area contributed by atoms with Gasteiger partial charge in [-0.1, -0.05) is 133 Å². The Morgan fingerprint density at radius 3 is 1.85 bits per heavy atom. The molecule has 0 bridgehead atoms. The van der Waals surface area contributed by atoms with Gasteiger partial charge in [0.1, 0.15) is 6.10 Å². The smallest absolute Gasteiger partial charge is 0.261 e. The van der Waals surface area contributed by atoms with Crippen LogP contribution in [0, 0.1) is 0 Å². The minimum absolute atomic E-state index is 0.00976. The van der Waals surface area contributed by atoms with Gasteiger partial charge in [-0.2, -0.15) is 0 Å². The molecule has 1 heterocycles. The van der Waals surface area contributed by atoms with Crippen LogP contribution in [0.1, 0.15) is 91.9 Å². The van der Waals surface area contributed by atoms with E-state index in [2.05, 4.69) is 88.4 Å². The summed E-state index contributed by atoms with van der Waals surface area (Å²) in [7, 11) is -2.57. The molecule has 33 heavy (non-hydrogen) atoms. The van der Waals surface area contributed by atoms with Gasteiger partial charge in [0.25, 0.3) is 8.32 Å². The van der Waals surface area contributed by atoms with E-state index in [1.54, 1.807) is 0 Å². The molecule has 0 unspecified atom stereocenters. The molecule has 180 valence electrons. The van der Waals surface area contributed by atoms with Gasteiger partial charge in [0.15, 0.2) is 0 Å². The zero-order valence-electron chi connectivity index (χ0n) is 21.3. The molecular weight excluding hydrogens is 420 g/mol. The Labute approximate surface area is 203 Å². The Morgan fingerprint density at radius 2 is 1.39 bits per heavy atom. The monoisotopic (exact) mass is 464 g/mol. The van der Waals surface area contributed by atoms with Crippen molar-refractivity contribution in [3.05, 3.63) is 60.7 Å². The van der Waals surface area contributed by atoms with Crippen molar-refractivity contribution in [2.75, 3.05) is 0 Å². The van der Waals surface area contributed by atoms with Gasteiger partial charge in [-0.05, 0) is 34.7 Å². The molecule has 1 saturated heterocycles. The second kappa shape index (κ2) is 10.5. The molecule has 1 saturated carbocycles. The summed E-state index contributed by atoms with van der Waals surface area (Å²) < 4.78 is 13.9. The maximum atomic E-state index is 7.74. The van der Waals surface area contributed by atoms with E-state index >= 15 is 0 Å². The summed E-state index contributed by atoms with van der Waals surface area (Å²) in [4.78, 5) is 0. The molecule has 2 fully saturated rings. The van der Waals surface area contributed by atoms with Crippen LogP contribution in [0.3, 0.4) is 0 Å². The van der Waals surface area contributed by atoms with Gasteiger partial charge in [0, 0.05) is 0 Å². The molecule has 3 atom stereocenters. The highest BCUT2D eigenvalue weighted by Crippen LogP contribution is 2.53. The number of hydrogen-bond acceptors (Lipinski definition) is 2. The van der Waals surface area contributed by atoms with Gasteiger partial charge in [-0.25, -0.2) is 0 Å². The number of fused-ring (bicyclic) bond motifs is 1. The lowest BCUT2D eigenvalue weighted by molar-refractivity contribution is 0.00916. The summed E-state index contributed by atoms with van der Waals surface area (Å²) in [5.41, 5.74) is -0.140. The summed E-state index contributed by atoms with van der Waals surface area (Å²) in [5.74, 6) is 0. The molecule has 1 aliphatic carbocycles. The van der Waals surface area contributed by atoms with Crippen molar-refractivity contribution in [2.45, 2.75) is 115 Å². The lowest BCUT2D eigenvalue weighted by atomic mass is 9.93. The molecule has 0 N–H and O–H groups in total. The number of rotatable bonds is 12. The van der Waals surface area contributed by atoms with Crippen LogP contribution in [0.25, 0.3) is 0 Å². The predicted octanol–water partition coefficient (Wildman–Crippen LogP) is 7.00. The third-order valence-electron chi connectivity index (χ3n) is 7.93. The first-order valence-corrected chi connectivity index (χ1v) is 15.3. The van der Waals surface area contributed by atoms with Crippen LogP contribution in [0.5, 0.6) is 0 Å². The molecule has 2 nitrogen and oxygen atoms in total. The van der Waals surface area contributed by atoms with Crippen LogP contribution >= 0.6 is 0 Å². The van der Waals surface area contributed by atoms with E-state index in [-0.39, 0.29) is 10.6 Å². The minimum atomic E-state index is -2.57. The molecular formula is C30H44O2Si. The van der Waals surface area contributed by atoms with Gasteiger partial charge in [0.05, 0.1) is 11.7 Å². The molecule has 4 rings (SSSR count). The van der Waals surface area contributed by atoms with Crippen molar-refractivity contribution in [3.8, 4) is 0 Å². The number of benzene rings is 2. The lowest BCUT2D eigenvalue weighted by Crippen LogP contribution is -2.70. The maximum absolute atomic E-state index is 7.74. The Bertz CT molecular complexity index is 820. The summed E-state index contributed by atoms with van der Waals surface area (Å²) in [6, 6.07) is 22.2. The molecule has 2 aromatic rings. The van der Waals surface area contributed by atoms with E-state index in [1.807, 2.05) is 0 Å². The summed E-state index contributed by atoms with van der Waals surface area (Å²) in [6.45, 7) is 9.46. The number of hydrogen-bond donors (Lipinski definition) is 0. The first kappa shape index (κ1) is 24.7. The Kier molecular flexibility index (Phi) is 7.82. The third-order valence-corrected chi connectivity index (χ3v) is 13.0. The molecule has 0 amide bonds. The molecule has 2 aromatic carbocycles. The van der Waals surface area contributed by atoms with E-state index in [4.69, 9.17) is 9.16 Å². The number of unbranched alkanes of at least 4 members (excludes halogenated alkanes) is 6. The van der Waals surface area contributed by atoms with E-state index in [9.17, 15) is 0 Å². The highest BCUT2D eigenvalue weighted by Gasteiger charge is 2.65. The van der Waals surface area contributed by atoms with Crippen LogP contribution in [0.15, 0.2) is 60.7 Å². The number of ether oxygens (including phenoxy) is 1. The van der Waals surface area contributed by atoms with Crippen LogP contribution in [0.2, 0.25) is 5.04 Å². The van der Waals surface area contributed by atoms with Gasteiger partial charge in [-0.15, -0.1) is 0 Å². The second-order valence-corrected chi connectivity index (χ2v) is 15.6. The average molecular weight is 465 g/mol. The predicted molar refractivity (Wildman–Crippen MR) is 142 cm³/mol. The largest absolute Gasteiger partial charge is 0.399 e. The fraction of sp³-hybridized carbons (Fsp3) is 0.600. The zero-order valence-corrected chi connectivity index (χ0v) is 22.3. The minimum Gasteiger partial charge on any atom is -0.399 e. The first-order valence-electron chi connectivity index (χ1n) is 13.4. The summed E-state index contributed by atoms with van der Waals surface area (Å²) >= 11 is 0. The van der Waals surface area contributed by atoms with Crippen molar-refractivity contribution >= 4 is 18.7 Å². The topological polar surface area (TPSA) is 21.8 Å². The van der Waals surface area contributed by atoms with Crippen LogP contribution in [-0.2, 0) is 9.16 Å². The van der Waals surface area contributed by atoms with Crippen molar-refractivity contribution in [1.82, 2.24) is 0 Å². The van der Waals surface area contributed by atoms with Gasteiger partial charge < -0.3 is 9.16 Å². The Balaban J connectivity index is 1.64. The molecule has 1 aliphatic heterocycles. The average Bonchev–Trinajstić information content (AvgIpc) is 3.54. The van der Waals surface area contributed by atoms with E-state index in [0.717, 1.165) is 19.3 Å². The standard InChI is InChI=1S/C30H44O2Si/c1-5-6-7-8-9-10-17-23-30(24-22-27-28(30)31-27)32-33(29(2,3)4,25-18-13-11-14-19-25)26-20-15-12-16-21-26/h11-16,18-21,27-28H,5-10,17,22-24H2,1-4H3/t27-,28-,30+/m0/s1. The van der Waals surface area contributed by atoms with Crippen molar-refractivity contribution < 1.29 is 9.16 Å². The molecule has 3 heteroatoms. The molecule has 0 radical (unpaired) electrons. The molecule has 0 aromatic heterocycles. The van der Waals surface area contributed by atoms with Gasteiger partial charge in [-0.3, -0.25) is 0 Å². The number of epoxide rings is 1. The van der Waals surface area contributed by atoms with Crippen LogP contribution < -0.4 is 10.4 Å². The van der Waals surface area contributed by atoms with E-state index in [1.165, 1.54) is 55.3 Å². The van der Waals surface area contributed by atoms with Gasteiger partial charge >= 0.3 is 0 Å². The summed E-state index contributed by atoms with van der Waals surface area (Å²) in [5, 5.41) is 2.77. The maximum Gasteiger partial charge on any atom is 0.261 e. The van der Waals surface area contributed by atoms with Crippen molar-refractivity contribution in [1.29, 1.82) is 0 Å². The SMILES string of the molecule is CCCCCCCCC[C@@]1(O[Si](c2ccccc2)(c2ccccc2)C(C)(C)C)CC[C@@H]2O[C@@H]21. The van der Waals surface area contributed by atoms with Crippen LogP contribution in [0.4, 0.5) is 0 Å². The van der Waals surface area contributed by atoms with Gasteiger partial charge in [0.2, 0.25) is 0 Å². The molecule has 2 aliphatic rings. The second-order valence-electron chi connectivity index (χ2n) is 11.3. The highest BCUT2D eigenvalue weighted by atomic mass is 28.4. The lowest BCUT2D eigenvalue weighted by Gasteiger charge is -2.49. The third kappa shape index (κ3) is 5.16. The Morgan fingerprint density at radius 1 is 0.848 bits per heavy atom. The Hall–Kier alpha value is -1.42. The normalized spacial score (nSPS) is 24.6. The highest BCUT2D eigenvalue weighted by molar-refractivity contribution is 6.99.